The van der Waals surface area contributed by atoms with Crippen molar-refractivity contribution in [3.05, 3.63) is 0 Å². The number of carbonyl (C=O) groups is 1. The molecule has 0 rings (SSSR count). The fourth-order valence-corrected chi connectivity index (χ4v) is 0.716. The first-order chi connectivity index (χ1) is 6.00. The van der Waals surface area contributed by atoms with Gasteiger partial charge >= 0.3 is 5.97 Å². The highest BCUT2D eigenvalue weighted by atomic mass is 16.6. The van der Waals surface area contributed by atoms with E-state index in [1.807, 2.05) is 0 Å². The zero-order chi connectivity index (χ0) is 10.5. The van der Waals surface area contributed by atoms with E-state index in [2.05, 4.69) is 4.74 Å². The van der Waals surface area contributed by atoms with E-state index in [-0.39, 0.29) is 6.61 Å². The molecule has 6 nitrogen and oxygen atoms in total. The lowest BCUT2D eigenvalue weighted by Gasteiger charge is -2.25. The summed E-state index contributed by atoms with van der Waals surface area (Å²) < 4.78 is 4.33. The zero-order valence-corrected chi connectivity index (χ0v) is 7.30. The smallest absolute Gasteiger partial charge is 0.366 e. The summed E-state index contributed by atoms with van der Waals surface area (Å²) in [6.07, 6.45) is 0. The third kappa shape index (κ3) is 2.92. The standard InChI is InChI=1S/C7H14O6/c1-2-13-6(10)7(11,12)5(3-8)4-9/h5,8-9,11-12H,2-4H2,1H3. The molecule has 13 heavy (non-hydrogen) atoms. The molecular formula is C7H14O6. The third-order valence-electron chi connectivity index (χ3n) is 1.59. The van der Waals surface area contributed by atoms with Crippen molar-refractivity contribution in [3.8, 4) is 0 Å². The lowest BCUT2D eigenvalue weighted by atomic mass is 10.0. The maximum absolute atomic E-state index is 10.9. The van der Waals surface area contributed by atoms with E-state index in [1.54, 1.807) is 0 Å². The Morgan fingerprint density at radius 2 is 1.85 bits per heavy atom. The molecule has 0 radical (unpaired) electrons. The quantitative estimate of drug-likeness (QED) is 0.293. The molecule has 0 unspecified atom stereocenters. The molecule has 0 bridgehead atoms. The molecule has 0 aromatic heterocycles. The molecule has 78 valence electrons. The summed E-state index contributed by atoms with van der Waals surface area (Å²) in [7, 11) is 0. The number of aliphatic hydroxyl groups excluding tert-OH is 2. The molecule has 0 amide bonds. The molecule has 0 aliphatic rings. The Balaban J connectivity index is 4.42. The zero-order valence-electron chi connectivity index (χ0n) is 7.30. The van der Waals surface area contributed by atoms with Crippen LogP contribution in [0, 0.1) is 5.92 Å². The molecule has 4 N–H and O–H groups in total. The van der Waals surface area contributed by atoms with Crippen LogP contribution < -0.4 is 0 Å². The van der Waals surface area contributed by atoms with Gasteiger partial charge in [-0.25, -0.2) is 4.79 Å². The molecule has 0 saturated heterocycles. The van der Waals surface area contributed by atoms with Gasteiger partial charge in [0.15, 0.2) is 0 Å². The molecule has 0 aliphatic carbocycles. The summed E-state index contributed by atoms with van der Waals surface area (Å²) in [5, 5.41) is 35.5. The molecule has 0 aromatic rings. The van der Waals surface area contributed by atoms with Crippen molar-refractivity contribution in [1.82, 2.24) is 0 Å². The number of esters is 1. The van der Waals surface area contributed by atoms with Gasteiger partial charge in [-0.15, -0.1) is 0 Å². The van der Waals surface area contributed by atoms with Crippen LogP contribution in [0.1, 0.15) is 6.92 Å². The van der Waals surface area contributed by atoms with Crippen LogP contribution in [0.15, 0.2) is 0 Å². The minimum absolute atomic E-state index is 0.00865. The Kier molecular flexibility index (Phi) is 4.86. The minimum atomic E-state index is -2.83. The van der Waals surface area contributed by atoms with Crippen molar-refractivity contribution in [2.24, 2.45) is 5.92 Å². The highest BCUT2D eigenvalue weighted by molar-refractivity contribution is 5.77. The Hall–Kier alpha value is -0.690. The molecule has 0 fully saturated rings. The lowest BCUT2D eigenvalue weighted by molar-refractivity contribution is -0.235. The van der Waals surface area contributed by atoms with Gasteiger partial charge in [-0.1, -0.05) is 0 Å². The molecule has 0 atom stereocenters. The van der Waals surface area contributed by atoms with Gasteiger partial charge in [0.2, 0.25) is 0 Å². The molecule has 0 saturated carbocycles. The van der Waals surface area contributed by atoms with Crippen molar-refractivity contribution >= 4 is 5.97 Å². The van der Waals surface area contributed by atoms with Crippen LogP contribution in [0.2, 0.25) is 0 Å². The second-order valence-corrected chi connectivity index (χ2v) is 2.51. The SMILES string of the molecule is CCOC(=O)C(O)(O)C(CO)CO. The summed E-state index contributed by atoms with van der Waals surface area (Å²) in [6, 6.07) is 0. The van der Waals surface area contributed by atoms with Gasteiger partial charge in [-0.3, -0.25) is 0 Å². The van der Waals surface area contributed by atoms with Crippen molar-refractivity contribution in [3.63, 3.8) is 0 Å². The van der Waals surface area contributed by atoms with E-state index in [9.17, 15) is 4.79 Å². The number of rotatable bonds is 5. The van der Waals surface area contributed by atoms with E-state index in [0.717, 1.165) is 0 Å². The van der Waals surface area contributed by atoms with Crippen LogP contribution in [-0.4, -0.2) is 52.0 Å². The second-order valence-electron chi connectivity index (χ2n) is 2.51. The van der Waals surface area contributed by atoms with E-state index in [0.29, 0.717) is 0 Å². The van der Waals surface area contributed by atoms with Crippen LogP contribution in [0.3, 0.4) is 0 Å². The number of aliphatic hydroxyl groups is 4. The monoisotopic (exact) mass is 194 g/mol. The van der Waals surface area contributed by atoms with Crippen LogP contribution in [0.4, 0.5) is 0 Å². The molecule has 0 aliphatic heterocycles. The Bertz CT molecular complexity index is 162. The molecule has 0 aromatic carbocycles. The predicted molar refractivity (Wildman–Crippen MR) is 41.5 cm³/mol. The first-order valence-corrected chi connectivity index (χ1v) is 3.84. The molecule has 0 heterocycles. The van der Waals surface area contributed by atoms with E-state index in [4.69, 9.17) is 20.4 Å². The third-order valence-corrected chi connectivity index (χ3v) is 1.59. The first-order valence-electron chi connectivity index (χ1n) is 3.84. The minimum Gasteiger partial charge on any atom is -0.462 e. The molecule has 6 heteroatoms. The van der Waals surface area contributed by atoms with Gasteiger partial charge in [-0.2, -0.15) is 0 Å². The summed E-state index contributed by atoms with van der Waals surface area (Å²) in [5.74, 6) is -5.46. The number of hydrogen-bond donors (Lipinski definition) is 4. The number of ether oxygens (including phenoxy) is 1. The van der Waals surface area contributed by atoms with Gasteiger partial charge < -0.3 is 25.2 Å². The van der Waals surface area contributed by atoms with Crippen molar-refractivity contribution in [1.29, 1.82) is 0 Å². The van der Waals surface area contributed by atoms with Crippen LogP contribution in [0.5, 0.6) is 0 Å². The highest BCUT2D eigenvalue weighted by Gasteiger charge is 2.43. The summed E-state index contributed by atoms with van der Waals surface area (Å²) in [5.41, 5.74) is 0. The summed E-state index contributed by atoms with van der Waals surface area (Å²) >= 11 is 0. The topological polar surface area (TPSA) is 107 Å². The largest absolute Gasteiger partial charge is 0.462 e. The fraction of sp³-hybridized carbons (Fsp3) is 0.857. The lowest BCUT2D eigenvalue weighted by Crippen LogP contribution is -2.50. The van der Waals surface area contributed by atoms with Crippen molar-refractivity contribution in [2.45, 2.75) is 12.7 Å². The van der Waals surface area contributed by atoms with Crippen LogP contribution >= 0.6 is 0 Å². The molecular weight excluding hydrogens is 180 g/mol. The van der Waals surface area contributed by atoms with Crippen molar-refractivity contribution < 1.29 is 30.0 Å². The molecule has 0 spiro atoms. The maximum atomic E-state index is 10.9. The Labute approximate surface area is 75.4 Å². The van der Waals surface area contributed by atoms with Crippen molar-refractivity contribution in [2.75, 3.05) is 19.8 Å². The van der Waals surface area contributed by atoms with Crippen LogP contribution in [0.25, 0.3) is 0 Å². The summed E-state index contributed by atoms with van der Waals surface area (Å²) in [6.45, 7) is 0.0524. The second kappa shape index (κ2) is 5.13. The van der Waals surface area contributed by atoms with Gasteiger partial charge in [-0.05, 0) is 6.92 Å². The Morgan fingerprint density at radius 3 is 2.15 bits per heavy atom. The number of hydrogen-bond acceptors (Lipinski definition) is 6. The average molecular weight is 194 g/mol. The first kappa shape index (κ1) is 12.3. The predicted octanol–water partition coefficient (Wildman–Crippen LogP) is -2.17. The van der Waals surface area contributed by atoms with E-state index in [1.165, 1.54) is 6.92 Å². The van der Waals surface area contributed by atoms with Gasteiger partial charge in [0.25, 0.3) is 5.79 Å². The van der Waals surface area contributed by atoms with E-state index >= 15 is 0 Å². The fourth-order valence-electron chi connectivity index (χ4n) is 0.716. The Morgan fingerprint density at radius 1 is 1.38 bits per heavy atom. The summed E-state index contributed by atoms with van der Waals surface area (Å²) in [4.78, 5) is 10.9. The van der Waals surface area contributed by atoms with Gasteiger partial charge in [0.05, 0.1) is 25.7 Å². The number of carbonyl (C=O) groups excluding carboxylic acids is 1. The van der Waals surface area contributed by atoms with Crippen LogP contribution in [-0.2, 0) is 9.53 Å². The van der Waals surface area contributed by atoms with E-state index < -0.39 is 30.9 Å². The normalized spacial score (nSPS) is 11.8. The average Bonchev–Trinajstić information content (AvgIpc) is 2.06. The maximum Gasteiger partial charge on any atom is 0.366 e. The van der Waals surface area contributed by atoms with Gasteiger partial charge in [0.1, 0.15) is 0 Å². The van der Waals surface area contributed by atoms with Gasteiger partial charge in [0, 0.05) is 0 Å². The highest BCUT2D eigenvalue weighted by Crippen LogP contribution is 2.15.